The molecule has 0 saturated heterocycles. The van der Waals surface area contributed by atoms with E-state index in [2.05, 4.69) is 15.3 Å². The lowest BCUT2D eigenvalue weighted by molar-refractivity contribution is 0.102. The van der Waals surface area contributed by atoms with E-state index >= 15 is 0 Å². The first-order valence-electron chi connectivity index (χ1n) is 9.02. The Balaban J connectivity index is 1.78. The van der Waals surface area contributed by atoms with Gasteiger partial charge in [0.05, 0.1) is 11.3 Å². The Kier molecular flexibility index (Phi) is 5.31. The van der Waals surface area contributed by atoms with Crippen LogP contribution in [0.25, 0.3) is 22.6 Å². The molecule has 5 nitrogen and oxygen atoms in total. The molecule has 0 spiro atoms. The molecule has 2 aromatic carbocycles. The number of carbonyl (C=O) groups is 1. The Morgan fingerprint density at radius 1 is 0.966 bits per heavy atom. The van der Waals surface area contributed by atoms with Crippen molar-refractivity contribution in [2.45, 2.75) is 6.92 Å². The van der Waals surface area contributed by atoms with E-state index in [9.17, 15) is 4.79 Å². The standard InChI is InChI=1S/C23H17ClN4O/c1-15-7-8-18(24)13-20(15)27-23(29)19-14-26-22(17-5-3-2-4-6-17)28-21(19)16-9-11-25-12-10-16/h2-14H,1H3,(H,27,29). The summed E-state index contributed by atoms with van der Waals surface area (Å²) < 4.78 is 0. The maximum Gasteiger partial charge on any atom is 0.259 e. The van der Waals surface area contributed by atoms with Gasteiger partial charge in [0.25, 0.3) is 5.91 Å². The van der Waals surface area contributed by atoms with Gasteiger partial charge >= 0.3 is 0 Å². The highest BCUT2D eigenvalue weighted by molar-refractivity contribution is 6.31. The van der Waals surface area contributed by atoms with Crippen LogP contribution in [0.4, 0.5) is 5.69 Å². The second kappa shape index (κ2) is 8.20. The molecule has 0 fully saturated rings. The summed E-state index contributed by atoms with van der Waals surface area (Å²) in [4.78, 5) is 26.2. The number of nitrogens with zero attached hydrogens (tertiary/aromatic N) is 3. The van der Waals surface area contributed by atoms with E-state index in [1.54, 1.807) is 30.7 Å². The van der Waals surface area contributed by atoms with E-state index in [1.807, 2.05) is 55.5 Å². The molecule has 2 aromatic heterocycles. The molecule has 0 radical (unpaired) electrons. The van der Waals surface area contributed by atoms with Crippen molar-refractivity contribution in [1.29, 1.82) is 0 Å². The second-order valence-electron chi connectivity index (χ2n) is 6.47. The highest BCUT2D eigenvalue weighted by Crippen LogP contribution is 2.26. The average molecular weight is 401 g/mol. The van der Waals surface area contributed by atoms with Gasteiger partial charge in [0.15, 0.2) is 5.82 Å². The molecule has 4 aromatic rings. The van der Waals surface area contributed by atoms with Gasteiger partial charge in [-0.3, -0.25) is 9.78 Å². The predicted octanol–water partition coefficient (Wildman–Crippen LogP) is 5.42. The molecule has 0 saturated carbocycles. The van der Waals surface area contributed by atoms with Gasteiger partial charge in [0.2, 0.25) is 0 Å². The zero-order valence-corrected chi connectivity index (χ0v) is 16.4. The normalized spacial score (nSPS) is 10.6. The number of halogens is 1. The van der Waals surface area contributed by atoms with Crippen LogP contribution in [0.3, 0.4) is 0 Å². The van der Waals surface area contributed by atoms with Crippen LogP contribution in [-0.2, 0) is 0 Å². The topological polar surface area (TPSA) is 67.8 Å². The number of hydrogen-bond acceptors (Lipinski definition) is 4. The molecule has 2 heterocycles. The van der Waals surface area contributed by atoms with Crippen LogP contribution < -0.4 is 5.32 Å². The molecule has 0 aliphatic rings. The first-order chi connectivity index (χ1) is 14.1. The van der Waals surface area contributed by atoms with Gasteiger partial charge in [-0.15, -0.1) is 0 Å². The fraction of sp³-hybridized carbons (Fsp3) is 0.0435. The minimum atomic E-state index is -0.304. The van der Waals surface area contributed by atoms with Crippen LogP contribution in [0, 0.1) is 6.92 Å². The molecule has 1 N–H and O–H groups in total. The number of aromatic nitrogens is 3. The summed E-state index contributed by atoms with van der Waals surface area (Å²) in [5.74, 6) is 0.245. The fourth-order valence-corrected chi connectivity index (χ4v) is 3.09. The summed E-state index contributed by atoms with van der Waals surface area (Å²) in [5.41, 5.74) is 4.13. The third kappa shape index (κ3) is 4.15. The molecule has 4 rings (SSSR count). The third-order valence-electron chi connectivity index (χ3n) is 4.47. The molecular formula is C23H17ClN4O. The number of nitrogens with one attached hydrogen (secondary N) is 1. The molecular weight excluding hydrogens is 384 g/mol. The smallest absolute Gasteiger partial charge is 0.259 e. The van der Waals surface area contributed by atoms with Crippen molar-refractivity contribution >= 4 is 23.2 Å². The number of aryl methyl sites for hydroxylation is 1. The van der Waals surface area contributed by atoms with E-state index in [-0.39, 0.29) is 5.91 Å². The Hall–Kier alpha value is -3.57. The highest BCUT2D eigenvalue weighted by Gasteiger charge is 2.18. The predicted molar refractivity (Wildman–Crippen MR) is 115 cm³/mol. The largest absolute Gasteiger partial charge is 0.322 e. The lowest BCUT2D eigenvalue weighted by atomic mass is 10.1. The lowest BCUT2D eigenvalue weighted by Gasteiger charge is -2.12. The zero-order chi connectivity index (χ0) is 20.2. The average Bonchev–Trinajstić information content (AvgIpc) is 2.77. The van der Waals surface area contributed by atoms with Crippen molar-refractivity contribution in [3.63, 3.8) is 0 Å². The Morgan fingerprint density at radius 2 is 1.72 bits per heavy atom. The van der Waals surface area contributed by atoms with E-state index in [0.29, 0.717) is 27.8 Å². The highest BCUT2D eigenvalue weighted by atomic mass is 35.5. The molecule has 1 amide bonds. The van der Waals surface area contributed by atoms with E-state index in [4.69, 9.17) is 16.6 Å². The molecule has 0 aliphatic carbocycles. The molecule has 29 heavy (non-hydrogen) atoms. The van der Waals surface area contributed by atoms with Gasteiger partial charge in [-0.1, -0.05) is 48.0 Å². The molecule has 0 atom stereocenters. The van der Waals surface area contributed by atoms with E-state index in [1.165, 1.54) is 0 Å². The van der Waals surface area contributed by atoms with Crippen molar-refractivity contribution in [1.82, 2.24) is 15.0 Å². The molecule has 0 bridgehead atoms. The zero-order valence-electron chi connectivity index (χ0n) is 15.6. The second-order valence-corrected chi connectivity index (χ2v) is 6.91. The quantitative estimate of drug-likeness (QED) is 0.496. The van der Waals surface area contributed by atoms with Crippen LogP contribution in [0.1, 0.15) is 15.9 Å². The number of carbonyl (C=O) groups excluding carboxylic acids is 1. The number of hydrogen-bond donors (Lipinski definition) is 1. The fourth-order valence-electron chi connectivity index (χ4n) is 2.92. The van der Waals surface area contributed by atoms with Crippen LogP contribution in [-0.4, -0.2) is 20.9 Å². The van der Waals surface area contributed by atoms with Crippen molar-refractivity contribution in [3.8, 4) is 22.6 Å². The van der Waals surface area contributed by atoms with Gasteiger partial charge < -0.3 is 5.32 Å². The van der Waals surface area contributed by atoms with Crippen LogP contribution in [0.15, 0.2) is 79.3 Å². The maximum atomic E-state index is 13.1. The Labute approximate surface area is 173 Å². The molecule has 0 unspecified atom stereocenters. The summed E-state index contributed by atoms with van der Waals surface area (Å²) in [6, 6.07) is 18.6. The van der Waals surface area contributed by atoms with Crippen LogP contribution >= 0.6 is 11.6 Å². The number of benzene rings is 2. The summed E-state index contributed by atoms with van der Waals surface area (Å²) in [7, 11) is 0. The van der Waals surface area contributed by atoms with Gasteiger partial charge in [0, 0.05) is 40.4 Å². The van der Waals surface area contributed by atoms with Crippen molar-refractivity contribution in [2.75, 3.05) is 5.32 Å². The summed E-state index contributed by atoms with van der Waals surface area (Å²) in [6.07, 6.45) is 4.89. The third-order valence-corrected chi connectivity index (χ3v) is 4.70. The number of anilines is 1. The van der Waals surface area contributed by atoms with Crippen molar-refractivity contribution in [3.05, 3.63) is 95.4 Å². The number of rotatable bonds is 4. The van der Waals surface area contributed by atoms with Crippen LogP contribution in [0.5, 0.6) is 0 Å². The van der Waals surface area contributed by atoms with Crippen LogP contribution in [0.2, 0.25) is 5.02 Å². The minimum absolute atomic E-state index is 0.304. The van der Waals surface area contributed by atoms with Crippen molar-refractivity contribution in [2.24, 2.45) is 0 Å². The Bertz CT molecular complexity index is 1160. The van der Waals surface area contributed by atoms with E-state index in [0.717, 1.165) is 16.7 Å². The monoisotopic (exact) mass is 400 g/mol. The number of amides is 1. The maximum absolute atomic E-state index is 13.1. The van der Waals surface area contributed by atoms with Crippen molar-refractivity contribution < 1.29 is 4.79 Å². The summed E-state index contributed by atoms with van der Waals surface area (Å²) in [6.45, 7) is 1.91. The molecule has 0 aliphatic heterocycles. The SMILES string of the molecule is Cc1ccc(Cl)cc1NC(=O)c1cnc(-c2ccccc2)nc1-c1ccncc1. The first kappa shape index (κ1) is 18.8. The van der Waals surface area contributed by atoms with E-state index < -0.39 is 0 Å². The summed E-state index contributed by atoms with van der Waals surface area (Å²) in [5, 5.41) is 3.47. The van der Waals surface area contributed by atoms with Gasteiger partial charge in [-0.25, -0.2) is 9.97 Å². The Morgan fingerprint density at radius 3 is 2.48 bits per heavy atom. The summed E-state index contributed by atoms with van der Waals surface area (Å²) >= 11 is 6.08. The number of pyridine rings is 1. The molecule has 6 heteroatoms. The lowest BCUT2D eigenvalue weighted by Crippen LogP contribution is -2.15. The first-order valence-corrected chi connectivity index (χ1v) is 9.40. The molecule has 142 valence electrons. The van der Waals surface area contributed by atoms with Gasteiger partial charge in [0.1, 0.15) is 0 Å². The van der Waals surface area contributed by atoms with Gasteiger partial charge in [-0.2, -0.15) is 0 Å². The van der Waals surface area contributed by atoms with Gasteiger partial charge in [-0.05, 0) is 36.8 Å². The minimum Gasteiger partial charge on any atom is -0.322 e.